The average molecular weight is 266 g/mol. The highest BCUT2D eigenvalue weighted by Gasteiger charge is 2.11. The van der Waals surface area contributed by atoms with Gasteiger partial charge in [-0.1, -0.05) is 18.2 Å². The van der Waals surface area contributed by atoms with E-state index < -0.39 is 0 Å². The number of aryl methyl sites for hydroxylation is 2. The van der Waals surface area contributed by atoms with Gasteiger partial charge in [0.15, 0.2) is 0 Å². The first kappa shape index (κ1) is 16.0. The van der Waals surface area contributed by atoms with Crippen molar-refractivity contribution < 1.29 is 14.8 Å². The standard InChI is InChI=1S/C16H27NO2/c1-13-7-6-8-14(2)15(13)19-12-11-18-10-9-17-16(3,4)5/h6-8,17H,9-12H2,1-5H3/p+1. The van der Waals surface area contributed by atoms with Gasteiger partial charge < -0.3 is 14.8 Å². The number of ether oxygens (including phenoxy) is 2. The molecular formula is C16H28NO2+. The first-order valence-electron chi connectivity index (χ1n) is 7.01. The van der Waals surface area contributed by atoms with Crippen LogP contribution in [0.4, 0.5) is 0 Å². The SMILES string of the molecule is Cc1cccc(C)c1OCCOCC[NH2+]C(C)(C)C. The van der Waals surface area contributed by atoms with Gasteiger partial charge in [-0.2, -0.15) is 0 Å². The minimum Gasteiger partial charge on any atom is -0.491 e. The number of benzene rings is 1. The molecule has 0 saturated carbocycles. The van der Waals surface area contributed by atoms with E-state index in [2.05, 4.69) is 58.1 Å². The van der Waals surface area contributed by atoms with E-state index in [-0.39, 0.29) is 5.54 Å². The number of hydrogen-bond donors (Lipinski definition) is 1. The van der Waals surface area contributed by atoms with Crippen molar-refractivity contribution in [2.45, 2.75) is 40.2 Å². The van der Waals surface area contributed by atoms with Crippen LogP contribution in [0.5, 0.6) is 5.75 Å². The molecule has 1 aromatic carbocycles. The Hall–Kier alpha value is -1.06. The summed E-state index contributed by atoms with van der Waals surface area (Å²) in [6.07, 6.45) is 0. The Bertz CT molecular complexity index is 363. The molecule has 0 unspecified atom stereocenters. The maximum Gasteiger partial charge on any atom is 0.125 e. The minimum atomic E-state index is 0.276. The van der Waals surface area contributed by atoms with Gasteiger partial charge in [-0.3, -0.25) is 0 Å². The van der Waals surface area contributed by atoms with Crippen LogP contribution in [0.2, 0.25) is 0 Å². The Balaban J connectivity index is 2.15. The van der Waals surface area contributed by atoms with Crippen LogP contribution in [0, 0.1) is 13.8 Å². The second-order valence-electron chi connectivity index (χ2n) is 6.04. The van der Waals surface area contributed by atoms with E-state index in [4.69, 9.17) is 9.47 Å². The molecule has 1 aromatic rings. The third kappa shape index (κ3) is 6.60. The third-order valence-electron chi connectivity index (χ3n) is 2.90. The van der Waals surface area contributed by atoms with Gasteiger partial charge in [0, 0.05) is 0 Å². The Morgan fingerprint density at radius 3 is 2.21 bits per heavy atom. The van der Waals surface area contributed by atoms with E-state index in [9.17, 15) is 0 Å². The van der Waals surface area contributed by atoms with Crippen LogP contribution in [-0.4, -0.2) is 31.9 Å². The van der Waals surface area contributed by atoms with Gasteiger partial charge in [0.25, 0.3) is 0 Å². The Labute approximate surface area is 117 Å². The summed E-state index contributed by atoms with van der Waals surface area (Å²) in [5.74, 6) is 0.993. The third-order valence-corrected chi connectivity index (χ3v) is 2.90. The maximum atomic E-state index is 5.78. The van der Waals surface area contributed by atoms with Crippen LogP contribution in [0.25, 0.3) is 0 Å². The van der Waals surface area contributed by atoms with Crippen LogP contribution in [0.1, 0.15) is 31.9 Å². The summed E-state index contributed by atoms with van der Waals surface area (Å²) >= 11 is 0. The molecule has 2 N–H and O–H groups in total. The molecule has 0 aromatic heterocycles. The molecule has 0 fully saturated rings. The fraction of sp³-hybridized carbons (Fsp3) is 0.625. The lowest BCUT2D eigenvalue weighted by atomic mass is 10.1. The molecule has 0 saturated heterocycles. The molecule has 0 aliphatic rings. The van der Waals surface area contributed by atoms with Crippen molar-refractivity contribution >= 4 is 0 Å². The summed E-state index contributed by atoms with van der Waals surface area (Å²) in [5, 5.41) is 2.29. The molecule has 0 aliphatic heterocycles. The second kappa shape index (κ2) is 7.51. The molecule has 1 rings (SSSR count). The van der Waals surface area contributed by atoms with Crippen molar-refractivity contribution in [3.63, 3.8) is 0 Å². The average Bonchev–Trinajstić information content (AvgIpc) is 2.29. The van der Waals surface area contributed by atoms with Crippen molar-refractivity contribution in [3.8, 4) is 5.75 Å². The zero-order valence-corrected chi connectivity index (χ0v) is 13.0. The summed E-state index contributed by atoms with van der Waals surface area (Å²) in [4.78, 5) is 0. The summed E-state index contributed by atoms with van der Waals surface area (Å²) in [5.41, 5.74) is 2.64. The van der Waals surface area contributed by atoms with E-state index in [1.165, 1.54) is 11.1 Å². The predicted molar refractivity (Wildman–Crippen MR) is 78.8 cm³/mol. The second-order valence-corrected chi connectivity index (χ2v) is 6.04. The Kier molecular flexibility index (Phi) is 6.32. The molecule has 3 heteroatoms. The van der Waals surface area contributed by atoms with Gasteiger partial charge in [-0.15, -0.1) is 0 Å². The van der Waals surface area contributed by atoms with E-state index in [1.807, 2.05) is 0 Å². The lowest BCUT2D eigenvalue weighted by Gasteiger charge is -2.16. The van der Waals surface area contributed by atoms with Gasteiger partial charge in [0.1, 0.15) is 12.4 Å². The molecule has 108 valence electrons. The summed E-state index contributed by atoms with van der Waals surface area (Å²) < 4.78 is 11.4. The van der Waals surface area contributed by atoms with Crippen LogP contribution in [0.3, 0.4) is 0 Å². The van der Waals surface area contributed by atoms with E-state index in [0.29, 0.717) is 13.2 Å². The van der Waals surface area contributed by atoms with Gasteiger partial charge in [-0.05, 0) is 45.7 Å². The lowest BCUT2D eigenvalue weighted by Crippen LogP contribution is -2.95. The first-order valence-corrected chi connectivity index (χ1v) is 7.01. The number of quaternary nitrogens is 1. The zero-order chi connectivity index (χ0) is 14.3. The summed E-state index contributed by atoms with van der Waals surface area (Å²) in [6, 6.07) is 6.19. The van der Waals surface area contributed by atoms with Gasteiger partial charge in [0.2, 0.25) is 0 Å². The van der Waals surface area contributed by atoms with Gasteiger partial charge in [-0.25, -0.2) is 0 Å². The highest BCUT2D eigenvalue weighted by molar-refractivity contribution is 5.39. The molecular weight excluding hydrogens is 238 g/mol. The molecule has 0 heterocycles. The van der Waals surface area contributed by atoms with Crippen molar-refractivity contribution in [2.75, 3.05) is 26.4 Å². The van der Waals surface area contributed by atoms with Crippen molar-refractivity contribution in [1.82, 2.24) is 0 Å². The fourth-order valence-corrected chi connectivity index (χ4v) is 1.91. The predicted octanol–water partition coefficient (Wildman–Crippen LogP) is 2.06. The van der Waals surface area contributed by atoms with Crippen molar-refractivity contribution in [2.24, 2.45) is 0 Å². The van der Waals surface area contributed by atoms with Gasteiger partial charge >= 0.3 is 0 Å². The number of nitrogens with two attached hydrogens (primary N) is 1. The number of hydrogen-bond acceptors (Lipinski definition) is 2. The topological polar surface area (TPSA) is 35.1 Å². The summed E-state index contributed by atoms with van der Waals surface area (Å²) in [7, 11) is 0. The van der Waals surface area contributed by atoms with Crippen LogP contribution in [-0.2, 0) is 4.74 Å². The largest absolute Gasteiger partial charge is 0.491 e. The van der Waals surface area contributed by atoms with Crippen LogP contribution >= 0.6 is 0 Å². The van der Waals surface area contributed by atoms with Gasteiger partial charge in [0.05, 0.1) is 25.3 Å². The van der Waals surface area contributed by atoms with Crippen LogP contribution in [0.15, 0.2) is 18.2 Å². The Morgan fingerprint density at radius 1 is 1.00 bits per heavy atom. The van der Waals surface area contributed by atoms with E-state index in [1.54, 1.807) is 0 Å². The quantitative estimate of drug-likeness (QED) is 0.767. The first-order chi connectivity index (χ1) is 8.90. The Morgan fingerprint density at radius 2 is 1.63 bits per heavy atom. The van der Waals surface area contributed by atoms with E-state index >= 15 is 0 Å². The molecule has 0 atom stereocenters. The fourth-order valence-electron chi connectivity index (χ4n) is 1.91. The monoisotopic (exact) mass is 266 g/mol. The maximum absolute atomic E-state index is 5.78. The van der Waals surface area contributed by atoms with Crippen LogP contribution < -0.4 is 10.1 Å². The molecule has 0 amide bonds. The summed E-state index contributed by atoms with van der Waals surface area (Å²) in [6.45, 7) is 13.8. The highest BCUT2D eigenvalue weighted by atomic mass is 16.5. The molecule has 0 aliphatic carbocycles. The number of para-hydroxylation sites is 1. The molecule has 0 bridgehead atoms. The van der Waals surface area contributed by atoms with E-state index in [0.717, 1.165) is 18.9 Å². The molecule has 0 spiro atoms. The zero-order valence-electron chi connectivity index (χ0n) is 13.0. The normalized spacial score (nSPS) is 11.6. The smallest absolute Gasteiger partial charge is 0.125 e. The van der Waals surface area contributed by atoms with Crippen molar-refractivity contribution in [3.05, 3.63) is 29.3 Å². The minimum absolute atomic E-state index is 0.276. The number of rotatable bonds is 7. The highest BCUT2D eigenvalue weighted by Crippen LogP contribution is 2.21. The molecule has 19 heavy (non-hydrogen) atoms. The lowest BCUT2D eigenvalue weighted by molar-refractivity contribution is -0.718. The van der Waals surface area contributed by atoms with Crippen molar-refractivity contribution in [1.29, 1.82) is 0 Å². The molecule has 3 nitrogen and oxygen atoms in total. The molecule has 0 radical (unpaired) electrons.